The molecule has 0 unspecified atom stereocenters. The Bertz CT molecular complexity index is 743. The fraction of sp³-hybridized carbons (Fsp3) is 0.263. The molecule has 1 heteroatoms. The molecule has 20 heavy (non-hydrogen) atoms. The average Bonchev–Trinajstić information content (AvgIpc) is 2.45. The van der Waals surface area contributed by atoms with Crippen molar-refractivity contribution in [2.24, 2.45) is 0 Å². The van der Waals surface area contributed by atoms with E-state index >= 15 is 0 Å². The number of hydrogen-bond donors (Lipinski definition) is 1. The van der Waals surface area contributed by atoms with Crippen molar-refractivity contribution in [3.05, 3.63) is 59.7 Å². The lowest BCUT2D eigenvalue weighted by Gasteiger charge is -2.10. The molecule has 0 amide bonds. The molecule has 3 aromatic rings. The van der Waals surface area contributed by atoms with Crippen LogP contribution in [0.2, 0.25) is 0 Å². The Morgan fingerprint density at radius 2 is 1.60 bits per heavy atom. The number of rotatable bonds is 4. The highest BCUT2D eigenvalue weighted by molar-refractivity contribution is 5.99. The van der Waals surface area contributed by atoms with Crippen LogP contribution in [0.3, 0.4) is 0 Å². The van der Waals surface area contributed by atoms with E-state index in [2.05, 4.69) is 55.5 Å². The summed E-state index contributed by atoms with van der Waals surface area (Å²) in [7, 11) is 0. The molecule has 0 saturated heterocycles. The van der Waals surface area contributed by atoms with E-state index in [0.717, 1.165) is 19.3 Å². The van der Waals surface area contributed by atoms with Gasteiger partial charge < -0.3 is 5.11 Å². The third-order valence-corrected chi connectivity index (χ3v) is 3.90. The van der Waals surface area contributed by atoms with Gasteiger partial charge in [-0.1, -0.05) is 42.0 Å². The molecule has 0 spiro atoms. The summed E-state index contributed by atoms with van der Waals surface area (Å²) in [6.45, 7) is 2.44. The number of fused-ring (bicyclic) bond motifs is 2. The molecule has 0 aliphatic heterocycles. The first-order valence-electron chi connectivity index (χ1n) is 7.31. The second kappa shape index (κ2) is 5.64. The number of aliphatic hydroxyl groups excluding tert-OH is 1. The maximum Gasteiger partial charge on any atom is 0.0431 e. The topological polar surface area (TPSA) is 20.2 Å². The van der Waals surface area contributed by atoms with Crippen LogP contribution in [0.15, 0.2) is 48.5 Å². The maximum absolute atomic E-state index is 8.95. The van der Waals surface area contributed by atoms with Gasteiger partial charge in [-0.15, -0.1) is 0 Å². The molecule has 1 N–H and O–H groups in total. The Balaban J connectivity index is 2.15. The molecule has 0 saturated carbocycles. The molecule has 0 bridgehead atoms. The maximum atomic E-state index is 8.95. The number of unbranched alkanes of at least 4 members (excludes halogenated alkanes) is 1. The Kier molecular flexibility index (Phi) is 3.70. The third kappa shape index (κ3) is 2.54. The summed E-state index contributed by atoms with van der Waals surface area (Å²) in [6.07, 6.45) is 2.96. The van der Waals surface area contributed by atoms with Gasteiger partial charge in [0.15, 0.2) is 0 Å². The van der Waals surface area contributed by atoms with Crippen molar-refractivity contribution >= 4 is 21.5 Å². The Hall–Kier alpha value is -1.86. The molecule has 0 aliphatic rings. The van der Waals surface area contributed by atoms with Gasteiger partial charge in [-0.05, 0) is 65.4 Å². The van der Waals surface area contributed by atoms with Crippen molar-refractivity contribution < 1.29 is 5.11 Å². The van der Waals surface area contributed by atoms with Crippen LogP contribution >= 0.6 is 0 Å². The molecule has 0 fully saturated rings. The summed E-state index contributed by atoms with van der Waals surface area (Å²) in [5.74, 6) is 0. The van der Waals surface area contributed by atoms with Crippen molar-refractivity contribution in [3.63, 3.8) is 0 Å². The second-order valence-electron chi connectivity index (χ2n) is 5.53. The zero-order valence-electron chi connectivity index (χ0n) is 11.9. The van der Waals surface area contributed by atoms with Crippen molar-refractivity contribution in [1.29, 1.82) is 0 Å². The van der Waals surface area contributed by atoms with E-state index < -0.39 is 0 Å². The van der Waals surface area contributed by atoms with Crippen molar-refractivity contribution in [2.45, 2.75) is 26.2 Å². The number of aryl methyl sites for hydroxylation is 2. The van der Waals surface area contributed by atoms with Crippen molar-refractivity contribution in [1.82, 2.24) is 0 Å². The zero-order chi connectivity index (χ0) is 13.9. The molecule has 0 heterocycles. The number of aliphatic hydroxyl groups is 1. The predicted octanol–water partition coefficient (Wildman–Crippen LogP) is 4.62. The molecular weight excluding hydrogens is 244 g/mol. The van der Waals surface area contributed by atoms with Crippen LogP contribution in [-0.2, 0) is 6.42 Å². The van der Waals surface area contributed by atoms with Crippen molar-refractivity contribution in [3.8, 4) is 0 Å². The Morgan fingerprint density at radius 3 is 2.35 bits per heavy atom. The Morgan fingerprint density at radius 1 is 0.850 bits per heavy atom. The lowest BCUT2D eigenvalue weighted by atomic mass is 9.95. The zero-order valence-corrected chi connectivity index (χ0v) is 11.9. The first kappa shape index (κ1) is 13.1. The van der Waals surface area contributed by atoms with Crippen LogP contribution in [-0.4, -0.2) is 11.7 Å². The summed E-state index contributed by atoms with van der Waals surface area (Å²) in [5.41, 5.74) is 2.71. The van der Waals surface area contributed by atoms with Gasteiger partial charge in [0.05, 0.1) is 0 Å². The molecule has 1 nitrogen and oxygen atoms in total. The summed E-state index contributed by atoms with van der Waals surface area (Å²) in [4.78, 5) is 0. The average molecular weight is 264 g/mol. The van der Waals surface area contributed by atoms with E-state index in [0.29, 0.717) is 0 Å². The monoisotopic (exact) mass is 264 g/mol. The summed E-state index contributed by atoms with van der Waals surface area (Å²) in [5, 5.41) is 14.2. The van der Waals surface area contributed by atoms with Crippen LogP contribution in [0.5, 0.6) is 0 Å². The van der Waals surface area contributed by atoms with E-state index in [1.165, 1.54) is 32.7 Å². The van der Waals surface area contributed by atoms with E-state index in [9.17, 15) is 0 Å². The molecule has 0 aromatic heterocycles. The van der Waals surface area contributed by atoms with Gasteiger partial charge in [-0.2, -0.15) is 0 Å². The number of benzene rings is 3. The van der Waals surface area contributed by atoms with Gasteiger partial charge >= 0.3 is 0 Å². The summed E-state index contributed by atoms with van der Waals surface area (Å²) in [6, 6.07) is 17.7. The lowest BCUT2D eigenvalue weighted by molar-refractivity contribution is 0.284. The minimum atomic E-state index is 0.284. The minimum Gasteiger partial charge on any atom is -0.396 e. The van der Waals surface area contributed by atoms with E-state index in [1.54, 1.807) is 0 Å². The molecular formula is C19H20O. The molecule has 0 atom stereocenters. The highest BCUT2D eigenvalue weighted by atomic mass is 16.2. The van der Waals surface area contributed by atoms with E-state index in [4.69, 9.17) is 5.11 Å². The minimum absolute atomic E-state index is 0.284. The second-order valence-corrected chi connectivity index (χ2v) is 5.53. The molecule has 3 aromatic carbocycles. The fourth-order valence-electron chi connectivity index (χ4n) is 2.93. The summed E-state index contributed by atoms with van der Waals surface area (Å²) < 4.78 is 0. The molecule has 102 valence electrons. The summed E-state index contributed by atoms with van der Waals surface area (Å²) >= 11 is 0. The Labute approximate surface area is 119 Å². The highest BCUT2D eigenvalue weighted by Gasteiger charge is 2.05. The van der Waals surface area contributed by atoms with Crippen LogP contribution in [0, 0.1) is 6.92 Å². The van der Waals surface area contributed by atoms with Gasteiger partial charge in [-0.3, -0.25) is 0 Å². The largest absolute Gasteiger partial charge is 0.396 e. The molecule has 0 aliphatic carbocycles. The SMILES string of the molecule is Cc1cc(CCCCO)c2cc3ccccc3cc2c1. The van der Waals surface area contributed by atoms with Crippen LogP contribution < -0.4 is 0 Å². The van der Waals surface area contributed by atoms with E-state index in [-0.39, 0.29) is 6.61 Å². The van der Waals surface area contributed by atoms with Gasteiger partial charge in [0, 0.05) is 6.61 Å². The molecule has 0 radical (unpaired) electrons. The van der Waals surface area contributed by atoms with Gasteiger partial charge in [0.2, 0.25) is 0 Å². The highest BCUT2D eigenvalue weighted by Crippen LogP contribution is 2.27. The van der Waals surface area contributed by atoms with Gasteiger partial charge in [0.25, 0.3) is 0 Å². The normalized spacial score (nSPS) is 11.3. The van der Waals surface area contributed by atoms with E-state index in [1.807, 2.05) is 0 Å². The quantitative estimate of drug-likeness (QED) is 0.538. The lowest BCUT2D eigenvalue weighted by Crippen LogP contribution is -1.92. The van der Waals surface area contributed by atoms with Crippen molar-refractivity contribution in [2.75, 3.05) is 6.61 Å². The van der Waals surface area contributed by atoms with Crippen LogP contribution in [0.25, 0.3) is 21.5 Å². The van der Waals surface area contributed by atoms with Crippen LogP contribution in [0.1, 0.15) is 24.0 Å². The smallest absolute Gasteiger partial charge is 0.0431 e. The predicted molar refractivity (Wildman–Crippen MR) is 86.2 cm³/mol. The first-order valence-corrected chi connectivity index (χ1v) is 7.31. The standard InChI is InChI=1S/C19H20O/c1-14-10-17(8-4-5-9-20)19-13-16-7-3-2-6-15(16)12-18(19)11-14/h2-3,6-7,10-13,20H,4-5,8-9H2,1H3. The van der Waals surface area contributed by atoms with Gasteiger partial charge in [0.1, 0.15) is 0 Å². The van der Waals surface area contributed by atoms with Crippen LogP contribution in [0.4, 0.5) is 0 Å². The third-order valence-electron chi connectivity index (χ3n) is 3.90. The molecule has 3 rings (SSSR count). The fourth-order valence-corrected chi connectivity index (χ4v) is 2.93. The first-order chi connectivity index (χ1) is 9.78. The van der Waals surface area contributed by atoms with Gasteiger partial charge in [-0.25, -0.2) is 0 Å². The number of hydrogen-bond acceptors (Lipinski definition) is 1.